The lowest BCUT2D eigenvalue weighted by atomic mass is 9.86. The van der Waals surface area contributed by atoms with Crippen molar-refractivity contribution >= 4 is 18.1 Å². The molecule has 22 heavy (non-hydrogen) atoms. The number of hydrogen-bond donors (Lipinski definition) is 2. The summed E-state index contributed by atoms with van der Waals surface area (Å²) in [6, 6.07) is 0. The number of amides is 1. The average molecular weight is 324 g/mol. The maximum absolute atomic E-state index is 12.1. The first kappa shape index (κ1) is 17.2. The van der Waals surface area contributed by atoms with Crippen LogP contribution in [0.2, 0.25) is 0 Å². The van der Waals surface area contributed by atoms with Crippen LogP contribution in [0.1, 0.15) is 64.1 Å². The second-order valence-electron chi connectivity index (χ2n) is 6.28. The van der Waals surface area contributed by atoms with Gasteiger partial charge in [0.05, 0.1) is 0 Å². The number of nitrogens with one attached hydrogen (secondary N) is 2. The van der Waals surface area contributed by atoms with Gasteiger partial charge in [-0.05, 0) is 37.4 Å². The fourth-order valence-electron chi connectivity index (χ4n) is 3.22. The minimum Gasteiger partial charge on any atom is -0.355 e. The number of rotatable bonds is 8. The number of carbonyl (C=O) groups is 1. The molecule has 2 rings (SSSR count). The Hall–Kier alpha value is -1.17. The van der Waals surface area contributed by atoms with Crippen molar-refractivity contribution in [3.8, 4) is 0 Å². The number of carbonyl (C=O) groups excluding carboxylic acids is 1. The predicted octanol–water partition coefficient (Wildman–Crippen LogP) is 3.37. The summed E-state index contributed by atoms with van der Waals surface area (Å²) in [6.07, 6.45) is 11.1. The highest BCUT2D eigenvalue weighted by Crippen LogP contribution is 2.26. The Morgan fingerprint density at radius 1 is 1.41 bits per heavy atom. The van der Waals surface area contributed by atoms with Crippen molar-refractivity contribution in [2.24, 2.45) is 5.92 Å². The summed E-state index contributed by atoms with van der Waals surface area (Å²) in [7, 11) is 0. The second kappa shape index (κ2) is 9.08. The van der Waals surface area contributed by atoms with E-state index in [1.165, 1.54) is 38.5 Å². The fraction of sp³-hybridized carbons (Fsp3) is 0.812. The number of aryl methyl sites for hydroxylation is 1. The van der Waals surface area contributed by atoms with Gasteiger partial charge in [0.15, 0.2) is 4.77 Å². The SMILES string of the molecule is CCCc1n[nH]c(=S)n1CC(=O)NCCCC1CCCCC1. The molecular weight excluding hydrogens is 296 g/mol. The van der Waals surface area contributed by atoms with Crippen LogP contribution in [0.4, 0.5) is 0 Å². The van der Waals surface area contributed by atoms with Gasteiger partial charge in [0.25, 0.3) is 0 Å². The topological polar surface area (TPSA) is 62.7 Å². The standard InChI is InChI=1S/C16H28N4OS/c1-2-7-14-18-19-16(22)20(14)12-15(21)17-11-6-10-13-8-4-3-5-9-13/h13H,2-12H2,1H3,(H,17,21)(H,19,22). The van der Waals surface area contributed by atoms with Crippen molar-refractivity contribution in [1.29, 1.82) is 0 Å². The molecule has 1 aromatic rings. The van der Waals surface area contributed by atoms with E-state index in [4.69, 9.17) is 12.2 Å². The van der Waals surface area contributed by atoms with E-state index >= 15 is 0 Å². The van der Waals surface area contributed by atoms with Crippen molar-refractivity contribution < 1.29 is 4.79 Å². The van der Waals surface area contributed by atoms with Crippen LogP contribution in [0.15, 0.2) is 0 Å². The van der Waals surface area contributed by atoms with E-state index in [2.05, 4.69) is 22.4 Å². The Kier molecular flexibility index (Phi) is 7.09. The summed E-state index contributed by atoms with van der Waals surface area (Å²) in [4.78, 5) is 12.1. The number of hydrogen-bond acceptors (Lipinski definition) is 3. The van der Waals surface area contributed by atoms with Gasteiger partial charge in [-0.1, -0.05) is 39.0 Å². The summed E-state index contributed by atoms with van der Waals surface area (Å²) in [6.45, 7) is 3.13. The van der Waals surface area contributed by atoms with E-state index in [1.54, 1.807) is 4.57 Å². The molecule has 6 heteroatoms. The Morgan fingerprint density at radius 3 is 2.91 bits per heavy atom. The van der Waals surface area contributed by atoms with E-state index < -0.39 is 0 Å². The van der Waals surface area contributed by atoms with Gasteiger partial charge in [-0.3, -0.25) is 14.5 Å². The lowest BCUT2D eigenvalue weighted by Gasteiger charge is -2.21. The van der Waals surface area contributed by atoms with E-state index in [0.29, 0.717) is 4.77 Å². The van der Waals surface area contributed by atoms with E-state index in [0.717, 1.165) is 37.5 Å². The molecule has 0 spiro atoms. The van der Waals surface area contributed by atoms with Crippen molar-refractivity contribution in [3.05, 3.63) is 10.6 Å². The zero-order valence-corrected chi connectivity index (χ0v) is 14.4. The Labute approximate surface area is 137 Å². The zero-order valence-electron chi connectivity index (χ0n) is 13.6. The van der Waals surface area contributed by atoms with Gasteiger partial charge in [0.2, 0.25) is 5.91 Å². The largest absolute Gasteiger partial charge is 0.355 e. The highest BCUT2D eigenvalue weighted by Gasteiger charge is 2.13. The molecule has 2 N–H and O–H groups in total. The van der Waals surface area contributed by atoms with Crippen LogP contribution in [-0.2, 0) is 17.8 Å². The fourth-order valence-corrected chi connectivity index (χ4v) is 3.44. The molecule has 0 unspecified atom stereocenters. The van der Waals surface area contributed by atoms with Gasteiger partial charge in [0.1, 0.15) is 12.4 Å². The van der Waals surface area contributed by atoms with Crippen LogP contribution in [0.25, 0.3) is 0 Å². The highest BCUT2D eigenvalue weighted by atomic mass is 32.1. The quantitative estimate of drug-likeness (QED) is 0.569. The molecule has 0 atom stereocenters. The van der Waals surface area contributed by atoms with Crippen molar-refractivity contribution in [2.75, 3.05) is 6.54 Å². The number of aromatic nitrogens is 3. The van der Waals surface area contributed by atoms with Gasteiger partial charge in [-0.2, -0.15) is 5.10 Å². The van der Waals surface area contributed by atoms with Gasteiger partial charge in [-0.25, -0.2) is 0 Å². The Bertz CT molecular complexity index is 516. The number of aromatic amines is 1. The van der Waals surface area contributed by atoms with Crippen LogP contribution in [0, 0.1) is 10.7 Å². The smallest absolute Gasteiger partial charge is 0.240 e. The monoisotopic (exact) mass is 324 g/mol. The Balaban J connectivity index is 1.69. The molecule has 1 aliphatic rings. The van der Waals surface area contributed by atoms with E-state index in [9.17, 15) is 4.79 Å². The van der Waals surface area contributed by atoms with Crippen LogP contribution in [-0.4, -0.2) is 27.2 Å². The summed E-state index contributed by atoms with van der Waals surface area (Å²) in [5, 5.41) is 9.96. The van der Waals surface area contributed by atoms with Gasteiger partial charge in [-0.15, -0.1) is 0 Å². The zero-order chi connectivity index (χ0) is 15.8. The first-order chi connectivity index (χ1) is 10.7. The molecule has 0 bridgehead atoms. The lowest BCUT2D eigenvalue weighted by molar-refractivity contribution is -0.121. The molecule has 0 aliphatic heterocycles. The summed E-state index contributed by atoms with van der Waals surface area (Å²) >= 11 is 5.19. The van der Waals surface area contributed by atoms with Crippen molar-refractivity contribution in [1.82, 2.24) is 20.1 Å². The van der Waals surface area contributed by atoms with Crippen LogP contribution in [0.5, 0.6) is 0 Å². The molecule has 1 fully saturated rings. The number of nitrogens with zero attached hydrogens (tertiary/aromatic N) is 2. The van der Waals surface area contributed by atoms with Crippen LogP contribution in [0.3, 0.4) is 0 Å². The molecule has 1 aromatic heterocycles. The molecule has 5 nitrogen and oxygen atoms in total. The third-order valence-corrected chi connectivity index (χ3v) is 4.76. The third-order valence-electron chi connectivity index (χ3n) is 4.45. The van der Waals surface area contributed by atoms with Gasteiger partial charge < -0.3 is 5.32 Å². The third kappa shape index (κ3) is 5.23. The predicted molar refractivity (Wildman–Crippen MR) is 90.2 cm³/mol. The summed E-state index contributed by atoms with van der Waals surface area (Å²) in [5.41, 5.74) is 0. The average Bonchev–Trinajstić information content (AvgIpc) is 2.86. The maximum atomic E-state index is 12.1. The normalized spacial score (nSPS) is 15.9. The summed E-state index contributed by atoms with van der Waals surface area (Å²) in [5.74, 6) is 1.77. The minimum absolute atomic E-state index is 0.0264. The Morgan fingerprint density at radius 2 is 2.18 bits per heavy atom. The van der Waals surface area contributed by atoms with Gasteiger partial charge >= 0.3 is 0 Å². The van der Waals surface area contributed by atoms with Crippen LogP contribution >= 0.6 is 12.2 Å². The van der Waals surface area contributed by atoms with E-state index in [1.807, 2.05) is 0 Å². The molecule has 1 aliphatic carbocycles. The molecule has 0 saturated heterocycles. The van der Waals surface area contributed by atoms with Gasteiger partial charge in [0, 0.05) is 13.0 Å². The maximum Gasteiger partial charge on any atom is 0.240 e. The molecule has 124 valence electrons. The second-order valence-corrected chi connectivity index (χ2v) is 6.66. The highest BCUT2D eigenvalue weighted by molar-refractivity contribution is 7.71. The molecule has 1 heterocycles. The lowest BCUT2D eigenvalue weighted by Crippen LogP contribution is -2.29. The van der Waals surface area contributed by atoms with Crippen molar-refractivity contribution in [3.63, 3.8) is 0 Å². The molecule has 1 saturated carbocycles. The van der Waals surface area contributed by atoms with E-state index in [-0.39, 0.29) is 12.5 Å². The molecule has 1 amide bonds. The number of H-pyrrole nitrogens is 1. The molecular formula is C16H28N4OS. The van der Waals surface area contributed by atoms with Crippen molar-refractivity contribution in [2.45, 2.75) is 71.3 Å². The first-order valence-corrected chi connectivity index (χ1v) is 9.02. The summed E-state index contributed by atoms with van der Waals surface area (Å²) < 4.78 is 2.33. The first-order valence-electron chi connectivity index (χ1n) is 8.61. The molecule has 0 aromatic carbocycles. The molecule has 0 radical (unpaired) electrons. The minimum atomic E-state index is 0.0264. The van der Waals surface area contributed by atoms with Crippen LogP contribution < -0.4 is 5.32 Å².